The van der Waals surface area contributed by atoms with Gasteiger partial charge in [-0.15, -0.1) is 0 Å². The molecule has 0 fully saturated rings. The fourth-order valence-electron chi connectivity index (χ4n) is 3.83. The highest BCUT2D eigenvalue weighted by molar-refractivity contribution is 5.96. The van der Waals surface area contributed by atoms with E-state index in [0.717, 1.165) is 0 Å². The third-order valence-corrected chi connectivity index (χ3v) is 5.66. The summed E-state index contributed by atoms with van der Waals surface area (Å²) in [6, 6.07) is 15.3. The highest BCUT2D eigenvalue weighted by Crippen LogP contribution is 2.33. The molecule has 0 amide bonds. The van der Waals surface area contributed by atoms with E-state index >= 15 is 0 Å². The molecular weight excluding hydrogens is 460 g/mol. The first kappa shape index (κ1) is 24.2. The fraction of sp³-hybridized carbons (Fsp3) is 0.192. The largest absolute Gasteiger partial charge is 0.462 e. The summed E-state index contributed by atoms with van der Waals surface area (Å²) in [4.78, 5) is 36.5. The minimum absolute atomic E-state index is 0.0841. The van der Waals surface area contributed by atoms with Crippen LogP contribution in [0.15, 0.2) is 71.9 Å². The van der Waals surface area contributed by atoms with Crippen LogP contribution in [0, 0.1) is 21.4 Å². The molecule has 3 heterocycles. The lowest BCUT2D eigenvalue weighted by Gasteiger charge is -2.24. The molecule has 0 spiro atoms. The van der Waals surface area contributed by atoms with E-state index in [-0.39, 0.29) is 12.3 Å². The smallest absolute Gasteiger partial charge is 0.340 e. The van der Waals surface area contributed by atoms with Crippen LogP contribution in [0.5, 0.6) is 0 Å². The Hall–Kier alpha value is -4.91. The quantitative estimate of drug-likeness (QED) is 0.268. The summed E-state index contributed by atoms with van der Waals surface area (Å²) in [5.74, 6) is 0.0599. The van der Waals surface area contributed by atoms with E-state index in [9.17, 15) is 14.9 Å². The standard InChI is InChI=1S/C26H22N6O4/c1-2-36-25(33)21-9-11-23(31-24(21)19-6-4-18(16-27)5-7-19)28-15-13-26(12-3-14-30-26)22-10-8-20(17-29-22)32(34)35/h3-12,14,17H,2,13,15H2,1H3,(H,28,31). The Labute approximate surface area is 207 Å². The van der Waals surface area contributed by atoms with Gasteiger partial charge in [0, 0.05) is 24.4 Å². The number of allylic oxidation sites excluding steroid dienone is 1. The van der Waals surface area contributed by atoms with Gasteiger partial charge in [0.25, 0.3) is 5.69 Å². The van der Waals surface area contributed by atoms with Crippen molar-refractivity contribution in [2.24, 2.45) is 4.99 Å². The molecule has 1 N–H and O–H groups in total. The molecule has 0 aliphatic carbocycles. The number of benzene rings is 1. The number of nitrogens with one attached hydrogen (secondary N) is 1. The summed E-state index contributed by atoms with van der Waals surface area (Å²) < 4.78 is 5.18. The third-order valence-electron chi connectivity index (χ3n) is 5.66. The van der Waals surface area contributed by atoms with Crippen LogP contribution in [0.1, 0.15) is 35.0 Å². The van der Waals surface area contributed by atoms with Crippen molar-refractivity contribution in [3.63, 3.8) is 0 Å². The second-order valence-corrected chi connectivity index (χ2v) is 7.90. The predicted molar refractivity (Wildman–Crippen MR) is 134 cm³/mol. The lowest BCUT2D eigenvalue weighted by atomic mass is 9.92. The number of nitrogens with zero attached hydrogens (tertiary/aromatic N) is 5. The van der Waals surface area contributed by atoms with Gasteiger partial charge in [0.2, 0.25) is 0 Å². The van der Waals surface area contributed by atoms with Gasteiger partial charge in [0.05, 0.1) is 40.1 Å². The Balaban J connectivity index is 1.55. The summed E-state index contributed by atoms with van der Waals surface area (Å²) in [7, 11) is 0. The zero-order valence-corrected chi connectivity index (χ0v) is 19.4. The number of ether oxygens (including phenoxy) is 1. The molecule has 1 unspecified atom stereocenters. The summed E-state index contributed by atoms with van der Waals surface area (Å²) >= 11 is 0. The molecule has 180 valence electrons. The van der Waals surface area contributed by atoms with Crippen molar-refractivity contribution in [3.8, 4) is 17.3 Å². The number of nitriles is 1. The number of rotatable bonds is 9. The first-order valence-electron chi connectivity index (χ1n) is 11.2. The van der Waals surface area contributed by atoms with Crippen molar-refractivity contribution < 1.29 is 14.5 Å². The number of hydrogen-bond donors (Lipinski definition) is 1. The third kappa shape index (κ3) is 5.10. The van der Waals surface area contributed by atoms with Gasteiger partial charge in [-0.1, -0.05) is 12.1 Å². The maximum absolute atomic E-state index is 12.5. The molecule has 0 radical (unpaired) electrons. The van der Waals surface area contributed by atoms with Crippen LogP contribution in [0.3, 0.4) is 0 Å². The second kappa shape index (κ2) is 10.6. The highest BCUT2D eigenvalue weighted by atomic mass is 16.6. The van der Waals surface area contributed by atoms with E-state index < -0.39 is 16.4 Å². The number of carbonyl (C=O) groups excluding carboxylic acids is 1. The molecule has 4 rings (SSSR count). The minimum Gasteiger partial charge on any atom is -0.462 e. The molecule has 0 saturated heterocycles. The van der Waals surface area contributed by atoms with Gasteiger partial charge >= 0.3 is 5.97 Å². The van der Waals surface area contributed by atoms with Crippen LogP contribution in [0.25, 0.3) is 11.3 Å². The fourth-order valence-corrected chi connectivity index (χ4v) is 3.83. The Bertz CT molecular complexity index is 1360. The monoisotopic (exact) mass is 482 g/mol. The van der Waals surface area contributed by atoms with Crippen LogP contribution < -0.4 is 5.32 Å². The first-order chi connectivity index (χ1) is 17.5. The minimum atomic E-state index is -0.747. The van der Waals surface area contributed by atoms with Crippen molar-refractivity contribution in [2.45, 2.75) is 18.9 Å². The molecule has 1 aliphatic rings. The molecule has 10 nitrogen and oxygen atoms in total. The van der Waals surface area contributed by atoms with E-state index in [1.165, 1.54) is 12.3 Å². The van der Waals surface area contributed by atoms with E-state index in [1.807, 2.05) is 12.2 Å². The maximum Gasteiger partial charge on any atom is 0.340 e. The molecule has 36 heavy (non-hydrogen) atoms. The zero-order valence-electron chi connectivity index (χ0n) is 19.4. The van der Waals surface area contributed by atoms with E-state index in [2.05, 4.69) is 26.3 Å². The number of anilines is 1. The van der Waals surface area contributed by atoms with Crippen LogP contribution in [-0.4, -0.2) is 40.2 Å². The van der Waals surface area contributed by atoms with E-state index in [4.69, 9.17) is 10.00 Å². The van der Waals surface area contributed by atoms with Crippen LogP contribution >= 0.6 is 0 Å². The number of carbonyl (C=O) groups is 1. The number of aromatic nitrogens is 2. The van der Waals surface area contributed by atoms with Gasteiger partial charge in [0.15, 0.2) is 0 Å². The van der Waals surface area contributed by atoms with Gasteiger partial charge in [-0.05, 0) is 55.8 Å². The average Bonchev–Trinajstić information content (AvgIpc) is 3.39. The van der Waals surface area contributed by atoms with Gasteiger partial charge < -0.3 is 10.1 Å². The molecule has 1 aliphatic heterocycles. The summed E-state index contributed by atoms with van der Waals surface area (Å²) in [6.07, 6.45) is 7.14. The Morgan fingerprint density at radius 1 is 1.19 bits per heavy atom. The van der Waals surface area contributed by atoms with E-state index in [1.54, 1.807) is 55.6 Å². The lowest BCUT2D eigenvalue weighted by Crippen LogP contribution is -2.24. The number of nitro groups is 1. The normalized spacial score (nSPS) is 15.9. The van der Waals surface area contributed by atoms with Crippen molar-refractivity contribution in [2.75, 3.05) is 18.5 Å². The summed E-state index contributed by atoms with van der Waals surface area (Å²) in [5.41, 5.74) is 1.71. The van der Waals surface area contributed by atoms with Gasteiger partial charge in [0.1, 0.15) is 17.6 Å². The molecule has 0 saturated carbocycles. The van der Waals surface area contributed by atoms with Crippen LogP contribution in [0.4, 0.5) is 11.5 Å². The molecule has 10 heteroatoms. The SMILES string of the molecule is CCOC(=O)c1ccc(NCCC2(c3ccc([N+](=O)[O-])cn3)C=CC=N2)nc1-c1ccc(C#N)cc1. The van der Waals surface area contributed by atoms with Gasteiger partial charge in [-0.25, -0.2) is 9.78 Å². The average molecular weight is 483 g/mol. The molecular formula is C26H22N6O4. The first-order valence-corrected chi connectivity index (χ1v) is 11.2. The lowest BCUT2D eigenvalue weighted by molar-refractivity contribution is -0.385. The summed E-state index contributed by atoms with van der Waals surface area (Å²) in [6.45, 7) is 2.43. The number of hydrogen-bond acceptors (Lipinski definition) is 9. The molecule has 0 bridgehead atoms. The predicted octanol–water partition coefficient (Wildman–Crippen LogP) is 4.44. The topological polar surface area (TPSA) is 143 Å². The van der Waals surface area contributed by atoms with Gasteiger partial charge in [-0.3, -0.25) is 20.1 Å². The number of esters is 1. The number of pyridine rings is 2. The van der Waals surface area contributed by atoms with Crippen molar-refractivity contribution in [3.05, 3.63) is 93.8 Å². The van der Waals surface area contributed by atoms with Crippen molar-refractivity contribution >= 4 is 23.7 Å². The Kier molecular flexibility index (Phi) is 7.11. The zero-order chi connectivity index (χ0) is 25.5. The van der Waals surface area contributed by atoms with Crippen LogP contribution in [0.2, 0.25) is 0 Å². The van der Waals surface area contributed by atoms with Crippen molar-refractivity contribution in [1.82, 2.24) is 9.97 Å². The molecule has 1 aromatic carbocycles. The Morgan fingerprint density at radius 2 is 2.00 bits per heavy atom. The molecule has 3 aromatic rings. The van der Waals surface area contributed by atoms with E-state index in [0.29, 0.717) is 46.9 Å². The summed E-state index contributed by atoms with van der Waals surface area (Å²) in [5, 5.41) is 23.3. The highest BCUT2D eigenvalue weighted by Gasteiger charge is 2.32. The molecule has 2 aromatic heterocycles. The Morgan fingerprint density at radius 3 is 2.61 bits per heavy atom. The molecule has 1 atom stereocenters. The second-order valence-electron chi connectivity index (χ2n) is 7.90. The van der Waals surface area contributed by atoms with Crippen LogP contribution in [-0.2, 0) is 10.3 Å². The van der Waals surface area contributed by atoms with Crippen molar-refractivity contribution in [1.29, 1.82) is 5.26 Å². The number of aliphatic imine (C=N–C) groups is 1. The maximum atomic E-state index is 12.5. The van der Waals surface area contributed by atoms with Gasteiger partial charge in [-0.2, -0.15) is 5.26 Å².